The highest BCUT2D eigenvalue weighted by Crippen LogP contribution is 2.36. The van der Waals surface area contributed by atoms with Gasteiger partial charge in [0.05, 0.1) is 36.0 Å². The predicted octanol–water partition coefficient (Wildman–Crippen LogP) is 2.59. The van der Waals surface area contributed by atoms with Crippen molar-refractivity contribution in [1.29, 1.82) is 0 Å². The highest BCUT2D eigenvalue weighted by molar-refractivity contribution is 7.18. The number of hydrogen-bond acceptors (Lipinski definition) is 8. The molecule has 3 N–H and O–H groups in total. The number of carbonyl (C=O) groups is 1. The first-order chi connectivity index (χ1) is 18.5. The molecule has 0 saturated carbocycles. The summed E-state index contributed by atoms with van der Waals surface area (Å²) in [6.45, 7) is 1.30. The number of amides is 1. The number of hydrogen-bond donors (Lipinski definition) is 2. The molecule has 0 unspecified atom stereocenters. The van der Waals surface area contributed by atoms with Crippen molar-refractivity contribution in [2.45, 2.75) is 25.4 Å². The monoisotopic (exact) mass is 534 g/mol. The third-order valence-electron chi connectivity index (χ3n) is 6.79. The Bertz CT molecular complexity index is 1510. The number of likely N-dealkylation sites (tertiary alicyclic amines) is 1. The summed E-state index contributed by atoms with van der Waals surface area (Å²) in [4.78, 5) is 50.0. The predicted molar refractivity (Wildman–Crippen MR) is 149 cm³/mol. The van der Waals surface area contributed by atoms with E-state index in [9.17, 15) is 14.4 Å². The number of carbonyl (C=O) groups excluding carboxylic acids is 1. The van der Waals surface area contributed by atoms with Crippen molar-refractivity contribution in [2.75, 3.05) is 44.0 Å². The van der Waals surface area contributed by atoms with Gasteiger partial charge in [0.25, 0.3) is 5.56 Å². The molecule has 1 atom stereocenters. The van der Waals surface area contributed by atoms with Crippen molar-refractivity contribution in [3.8, 4) is 0 Å². The molecule has 0 aliphatic carbocycles. The number of aromatic amines is 1. The molecule has 198 valence electrons. The Morgan fingerprint density at radius 2 is 1.95 bits per heavy atom. The first kappa shape index (κ1) is 25.8. The van der Waals surface area contributed by atoms with Gasteiger partial charge in [-0.1, -0.05) is 42.5 Å². The SMILES string of the molecule is COCCN(C(=O)CN1CCC[C@H]1c1nc2ccccc2s1)c1c(N)n(Cc2ccccc2)c(=O)[nH]c1=O. The number of nitrogens with two attached hydrogens (primary N) is 1. The number of ether oxygens (including phenoxy) is 1. The van der Waals surface area contributed by atoms with Crippen LogP contribution in [0.4, 0.5) is 11.5 Å². The Hall–Kier alpha value is -3.80. The average molecular weight is 535 g/mol. The molecule has 5 rings (SSSR count). The molecule has 1 fully saturated rings. The molecule has 11 heteroatoms. The zero-order valence-corrected chi connectivity index (χ0v) is 21.9. The minimum Gasteiger partial charge on any atom is -0.383 e. The summed E-state index contributed by atoms with van der Waals surface area (Å²) in [6, 6.07) is 17.3. The van der Waals surface area contributed by atoms with Gasteiger partial charge >= 0.3 is 5.69 Å². The van der Waals surface area contributed by atoms with E-state index in [1.165, 1.54) is 16.6 Å². The maximum Gasteiger partial charge on any atom is 0.330 e. The van der Waals surface area contributed by atoms with Gasteiger partial charge in [-0.05, 0) is 37.1 Å². The lowest BCUT2D eigenvalue weighted by atomic mass is 10.2. The second kappa shape index (κ2) is 11.3. The Morgan fingerprint density at radius 3 is 2.71 bits per heavy atom. The lowest BCUT2D eigenvalue weighted by molar-refractivity contribution is -0.120. The van der Waals surface area contributed by atoms with Crippen molar-refractivity contribution in [1.82, 2.24) is 19.4 Å². The van der Waals surface area contributed by atoms with E-state index in [0.717, 1.165) is 40.2 Å². The van der Waals surface area contributed by atoms with Gasteiger partial charge in [-0.15, -0.1) is 11.3 Å². The number of methoxy groups -OCH3 is 1. The molecule has 1 saturated heterocycles. The van der Waals surface area contributed by atoms with Gasteiger partial charge in [-0.25, -0.2) is 9.78 Å². The smallest absolute Gasteiger partial charge is 0.330 e. The van der Waals surface area contributed by atoms with Crippen LogP contribution in [0.25, 0.3) is 10.2 Å². The van der Waals surface area contributed by atoms with Crippen molar-refractivity contribution < 1.29 is 9.53 Å². The van der Waals surface area contributed by atoms with Crippen LogP contribution in [0.2, 0.25) is 0 Å². The normalized spacial score (nSPS) is 15.8. The molecule has 2 aromatic carbocycles. The van der Waals surface area contributed by atoms with E-state index in [2.05, 4.69) is 9.88 Å². The molecule has 0 spiro atoms. The molecule has 0 radical (unpaired) electrons. The van der Waals surface area contributed by atoms with Gasteiger partial charge in [0.15, 0.2) is 5.69 Å². The quantitative estimate of drug-likeness (QED) is 0.338. The van der Waals surface area contributed by atoms with Crippen LogP contribution in [0, 0.1) is 0 Å². The first-order valence-corrected chi connectivity index (χ1v) is 13.3. The van der Waals surface area contributed by atoms with E-state index in [4.69, 9.17) is 15.5 Å². The van der Waals surface area contributed by atoms with Gasteiger partial charge in [0, 0.05) is 13.7 Å². The third kappa shape index (κ3) is 5.26. The van der Waals surface area contributed by atoms with E-state index >= 15 is 0 Å². The molecule has 0 bridgehead atoms. The molecule has 1 amide bonds. The summed E-state index contributed by atoms with van der Waals surface area (Å²) in [5.74, 6) is -0.353. The minimum absolute atomic E-state index is 0.0169. The number of aromatic nitrogens is 3. The van der Waals surface area contributed by atoms with Gasteiger partial charge in [0.1, 0.15) is 10.8 Å². The largest absolute Gasteiger partial charge is 0.383 e. The number of thiazole rings is 1. The molecule has 38 heavy (non-hydrogen) atoms. The molecule has 1 aliphatic heterocycles. The fraction of sp³-hybridized carbons (Fsp3) is 0.333. The zero-order valence-electron chi connectivity index (χ0n) is 21.1. The third-order valence-corrected chi connectivity index (χ3v) is 7.92. The van der Waals surface area contributed by atoms with Crippen LogP contribution >= 0.6 is 11.3 Å². The first-order valence-electron chi connectivity index (χ1n) is 12.5. The van der Waals surface area contributed by atoms with Crippen LogP contribution in [0.1, 0.15) is 29.5 Å². The Kier molecular flexibility index (Phi) is 7.68. The van der Waals surface area contributed by atoms with E-state index in [1.54, 1.807) is 11.3 Å². The van der Waals surface area contributed by atoms with Crippen LogP contribution in [-0.2, 0) is 16.1 Å². The second-order valence-electron chi connectivity index (χ2n) is 9.25. The van der Waals surface area contributed by atoms with Crippen molar-refractivity contribution in [3.05, 3.63) is 86.0 Å². The second-order valence-corrected chi connectivity index (χ2v) is 10.3. The fourth-order valence-electron chi connectivity index (χ4n) is 4.89. The summed E-state index contributed by atoms with van der Waals surface area (Å²) in [5, 5.41) is 0.980. The van der Waals surface area contributed by atoms with Crippen LogP contribution < -0.4 is 21.9 Å². The summed E-state index contributed by atoms with van der Waals surface area (Å²) < 4.78 is 7.62. The summed E-state index contributed by atoms with van der Waals surface area (Å²) in [6.07, 6.45) is 1.84. The molecular formula is C27H30N6O4S. The van der Waals surface area contributed by atoms with E-state index < -0.39 is 11.2 Å². The number of benzene rings is 2. The minimum atomic E-state index is -0.703. The number of fused-ring (bicyclic) bond motifs is 1. The average Bonchev–Trinajstić information content (AvgIpc) is 3.55. The van der Waals surface area contributed by atoms with Crippen LogP contribution in [0.5, 0.6) is 0 Å². The van der Waals surface area contributed by atoms with Crippen molar-refractivity contribution >= 4 is 39.0 Å². The van der Waals surface area contributed by atoms with Gasteiger partial charge < -0.3 is 15.4 Å². The van der Waals surface area contributed by atoms with E-state index in [0.29, 0.717) is 0 Å². The molecular weight excluding hydrogens is 504 g/mol. The summed E-state index contributed by atoms with van der Waals surface area (Å²) in [7, 11) is 1.52. The Morgan fingerprint density at radius 1 is 1.18 bits per heavy atom. The lowest BCUT2D eigenvalue weighted by Crippen LogP contribution is -2.46. The molecule has 1 aliphatic rings. The Balaban J connectivity index is 1.44. The standard InChI is InChI=1S/C27H30N6O4S/c1-37-15-14-32(23-24(28)33(27(36)30-25(23)35)16-18-8-3-2-4-9-18)22(34)17-31-13-7-11-20(31)26-29-19-10-5-6-12-21(19)38-26/h2-6,8-10,12,20H,7,11,13-17,28H2,1H3,(H,30,35,36)/t20-/m0/s1. The molecule has 3 heterocycles. The summed E-state index contributed by atoms with van der Waals surface area (Å²) >= 11 is 1.64. The highest BCUT2D eigenvalue weighted by Gasteiger charge is 2.33. The lowest BCUT2D eigenvalue weighted by Gasteiger charge is -2.28. The van der Waals surface area contributed by atoms with Crippen molar-refractivity contribution in [3.63, 3.8) is 0 Å². The van der Waals surface area contributed by atoms with Crippen LogP contribution in [-0.4, -0.2) is 58.7 Å². The molecule has 4 aromatic rings. The van der Waals surface area contributed by atoms with Crippen molar-refractivity contribution in [2.24, 2.45) is 0 Å². The van der Waals surface area contributed by atoms with E-state index in [1.807, 2.05) is 54.6 Å². The topological polar surface area (TPSA) is 127 Å². The van der Waals surface area contributed by atoms with Crippen LogP contribution in [0.3, 0.4) is 0 Å². The fourth-order valence-corrected chi connectivity index (χ4v) is 6.03. The highest BCUT2D eigenvalue weighted by atomic mass is 32.1. The maximum absolute atomic E-state index is 13.7. The summed E-state index contributed by atoms with van der Waals surface area (Å²) in [5.41, 5.74) is 6.81. The van der Waals surface area contributed by atoms with Crippen LogP contribution in [0.15, 0.2) is 64.2 Å². The Labute approximate surface area is 223 Å². The zero-order chi connectivity index (χ0) is 26.6. The number of nitrogen functional groups attached to an aromatic ring is 1. The maximum atomic E-state index is 13.7. The molecule has 2 aromatic heterocycles. The number of anilines is 2. The van der Waals surface area contributed by atoms with Gasteiger partial charge in [-0.3, -0.25) is 24.0 Å². The number of rotatable bonds is 9. The van der Waals surface area contributed by atoms with E-state index in [-0.39, 0.29) is 49.7 Å². The van der Waals surface area contributed by atoms with Gasteiger partial charge in [-0.2, -0.15) is 0 Å². The number of nitrogens with one attached hydrogen (secondary N) is 1. The molecule has 10 nitrogen and oxygen atoms in total. The number of nitrogens with zero attached hydrogens (tertiary/aromatic N) is 4. The van der Waals surface area contributed by atoms with Gasteiger partial charge in [0.2, 0.25) is 5.91 Å². The number of H-pyrrole nitrogens is 1. The number of para-hydroxylation sites is 1.